The van der Waals surface area contributed by atoms with Gasteiger partial charge in [-0.25, -0.2) is 4.39 Å². The molecule has 150 valence electrons. The van der Waals surface area contributed by atoms with Gasteiger partial charge >= 0.3 is 0 Å². The van der Waals surface area contributed by atoms with Crippen molar-refractivity contribution in [3.05, 3.63) is 65.8 Å². The second kappa shape index (κ2) is 8.43. The number of aryl methyl sites for hydroxylation is 1. The highest BCUT2D eigenvalue weighted by Gasteiger charge is 2.28. The zero-order valence-electron chi connectivity index (χ0n) is 16.2. The third kappa shape index (κ3) is 4.62. The van der Waals surface area contributed by atoms with Gasteiger partial charge in [0, 0.05) is 18.7 Å². The molecule has 0 bridgehead atoms. The van der Waals surface area contributed by atoms with Crippen LogP contribution in [0.4, 0.5) is 4.39 Å². The van der Waals surface area contributed by atoms with E-state index in [0.717, 1.165) is 18.4 Å². The van der Waals surface area contributed by atoms with Gasteiger partial charge in [-0.2, -0.15) is 0 Å². The summed E-state index contributed by atoms with van der Waals surface area (Å²) in [6.45, 7) is 3.18. The molecule has 0 saturated carbocycles. The average Bonchev–Trinajstić information content (AvgIpc) is 3.23. The van der Waals surface area contributed by atoms with Crippen LogP contribution in [0.3, 0.4) is 0 Å². The number of hydrogen-bond acceptors (Lipinski definition) is 5. The molecule has 4 rings (SSSR count). The molecule has 1 unspecified atom stereocenters. The zero-order valence-corrected chi connectivity index (χ0v) is 16.2. The molecule has 1 saturated heterocycles. The number of rotatable bonds is 5. The van der Waals surface area contributed by atoms with Crippen LogP contribution in [0.25, 0.3) is 11.5 Å². The SMILES string of the molecule is Cc1cccc(OCC(=O)N2CCCC(c3nnc(-c4ccc(F)cc4)o3)C2)c1. The number of carbonyl (C=O) groups excluding carboxylic acids is 1. The van der Waals surface area contributed by atoms with Gasteiger partial charge in [0.1, 0.15) is 11.6 Å². The molecule has 7 heteroatoms. The van der Waals surface area contributed by atoms with Gasteiger partial charge in [0.25, 0.3) is 5.91 Å². The molecule has 1 fully saturated rings. The molecule has 6 nitrogen and oxygen atoms in total. The second-order valence-electron chi connectivity index (χ2n) is 7.24. The quantitative estimate of drug-likeness (QED) is 0.654. The molecular weight excluding hydrogens is 373 g/mol. The van der Waals surface area contributed by atoms with Crippen molar-refractivity contribution in [3.8, 4) is 17.2 Å². The maximum Gasteiger partial charge on any atom is 0.260 e. The van der Waals surface area contributed by atoms with Gasteiger partial charge in [-0.15, -0.1) is 10.2 Å². The lowest BCUT2D eigenvalue weighted by Gasteiger charge is -2.31. The topological polar surface area (TPSA) is 68.5 Å². The summed E-state index contributed by atoms with van der Waals surface area (Å²) < 4.78 is 24.5. The van der Waals surface area contributed by atoms with E-state index in [1.807, 2.05) is 31.2 Å². The second-order valence-corrected chi connectivity index (χ2v) is 7.24. The molecule has 1 aliphatic heterocycles. The third-order valence-corrected chi connectivity index (χ3v) is 5.01. The fraction of sp³-hybridized carbons (Fsp3) is 0.318. The first kappa shape index (κ1) is 19.1. The lowest BCUT2D eigenvalue weighted by Crippen LogP contribution is -2.41. The van der Waals surface area contributed by atoms with Gasteiger partial charge in [-0.1, -0.05) is 12.1 Å². The molecule has 2 aromatic carbocycles. The number of benzene rings is 2. The van der Waals surface area contributed by atoms with E-state index in [0.29, 0.717) is 36.2 Å². The van der Waals surface area contributed by atoms with E-state index in [9.17, 15) is 9.18 Å². The number of aromatic nitrogens is 2. The largest absolute Gasteiger partial charge is 0.484 e. The zero-order chi connectivity index (χ0) is 20.2. The number of ether oxygens (including phenoxy) is 1. The van der Waals surface area contributed by atoms with Crippen LogP contribution < -0.4 is 4.74 Å². The first-order valence-electron chi connectivity index (χ1n) is 9.65. The first-order chi connectivity index (χ1) is 14.1. The van der Waals surface area contributed by atoms with Crippen molar-refractivity contribution < 1.29 is 18.3 Å². The van der Waals surface area contributed by atoms with Crippen LogP contribution in [-0.4, -0.2) is 40.7 Å². The number of piperidine rings is 1. The predicted molar refractivity (Wildman–Crippen MR) is 105 cm³/mol. The van der Waals surface area contributed by atoms with Crippen molar-refractivity contribution in [2.24, 2.45) is 0 Å². The van der Waals surface area contributed by atoms with Crippen LogP contribution in [0.15, 0.2) is 52.9 Å². The Labute approximate surface area is 168 Å². The van der Waals surface area contributed by atoms with E-state index in [4.69, 9.17) is 9.15 Å². The Kier molecular flexibility index (Phi) is 5.55. The highest BCUT2D eigenvalue weighted by Crippen LogP contribution is 2.28. The Balaban J connectivity index is 1.38. The van der Waals surface area contributed by atoms with E-state index >= 15 is 0 Å². The maximum atomic E-state index is 13.1. The third-order valence-electron chi connectivity index (χ3n) is 5.01. The molecule has 3 aromatic rings. The monoisotopic (exact) mass is 395 g/mol. The fourth-order valence-electron chi connectivity index (χ4n) is 3.46. The molecule has 0 aliphatic carbocycles. The summed E-state index contributed by atoms with van der Waals surface area (Å²) in [5.41, 5.74) is 1.75. The minimum absolute atomic E-state index is 0.000829. The van der Waals surface area contributed by atoms with Gasteiger partial charge in [0.05, 0.1) is 5.92 Å². The molecular formula is C22H22FN3O3. The van der Waals surface area contributed by atoms with Crippen LogP contribution in [0.5, 0.6) is 5.75 Å². The van der Waals surface area contributed by atoms with Crippen molar-refractivity contribution in [1.82, 2.24) is 15.1 Å². The van der Waals surface area contributed by atoms with E-state index in [1.54, 1.807) is 17.0 Å². The van der Waals surface area contributed by atoms with Gasteiger partial charge in [-0.05, 0) is 61.7 Å². The summed E-state index contributed by atoms with van der Waals surface area (Å²) in [5.74, 6) is 1.14. The fourth-order valence-corrected chi connectivity index (χ4v) is 3.46. The van der Waals surface area contributed by atoms with E-state index < -0.39 is 0 Å². The lowest BCUT2D eigenvalue weighted by molar-refractivity contribution is -0.134. The van der Waals surface area contributed by atoms with E-state index in [-0.39, 0.29) is 24.2 Å². The molecule has 0 radical (unpaired) electrons. The minimum Gasteiger partial charge on any atom is -0.484 e. The van der Waals surface area contributed by atoms with Gasteiger partial charge < -0.3 is 14.1 Å². The minimum atomic E-state index is -0.317. The summed E-state index contributed by atoms with van der Waals surface area (Å²) in [6.07, 6.45) is 1.72. The number of nitrogens with zero attached hydrogens (tertiary/aromatic N) is 3. The van der Waals surface area contributed by atoms with Crippen molar-refractivity contribution in [2.45, 2.75) is 25.7 Å². The summed E-state index contributed by atoms with van der Waals surface area (Å²) in [5, 5.41) is 8.23. The smallest absolute Gasteiger partial charge is 0.260 e. The van der Waals surface area contributed by atoms with Crippen molar-refractivity contribution in [2.75, 3.05) is 19.7 Å². The van der Waals surface area contributed by atoms with Gasteiger partial charge in [0.2, 0.25) is 11.8 Å². The molecule has 1 aliphatic rings. The summed E-state index contributed by atoms with van der Waals surface area (Å²) >= 11 is 0. The van der Waals surface area contributed by atoms with Crippen LogP contribution in [-0.2, 0) is 4.79 Å². The Morgan fingerprint density at radius 3 is 2.86 bits per heavy atom. The molecule has 0 N–H and O–H groups in total. The molecule has 1 amide bonds. The number of carbonyl (C=O) groups is 1. The standard InChI is InChI=1S/C22H22FN3O3/c1-15-4-2-6-19(12-15)28-14-20(27)26-11-3-5-17(13-26)22-25-24-21(29-22)16-7-9-18(23)10-8-16/h2,4,6-10,12,17H,3,5,11,13-14H2,1H3. The lowest BCUT2D eigenvalue weighted by atomic mass is 9.98. The molecule has 1 aromatic heterocycles. The highest BCUT2D eigenvalue weighted by atomic mass is 19.1. The Morgan fingerprint density at radius 2 is 2.07 bits per heavy atom. The van der Waals surface area contributed by atoms with Crippen molar-refractivity contribution in [1.29, 1.82) is 0 Å². The Bertz CT molecular complexity index is 987. The Morgan fingerprint density at radius 1 is 1.24 bits per heavy atom. The number of amides is 1. The molecule has 29 heavy (non-hydrogen) atoms. The van der Waals surface area contributed by atoms with E-state index in [2.05, 4.69) is 10.2 Å². The van der Waals surface area contributed by atoms with E-state index in [1.165, 1.54) is 12.1 Å². The highest BCUT2D eigenvalue weighted by molar-refractivity contribution is 5.78. The summed E-state index contributed by atoms with van der Waals surface area (Å²) in [6, 6.07) is 13.5. The van der Waals surface area contributed by atoms with Crippen LogP contribution in [0.2, 0.25) is 0 Å². The molecule has 1 atom stereocenters. The Hall–Kier alpha value is -3.22. The van der Waals surface area contributed by atoms with Crippen molar-refractivity contribution in [3.63, 3.8) is 0 Å². The number of halogens is 1. The van der Waals surface area contributed by atoms with Crippen LogP contribution in [0, 0.1) is 12.7 Å². The summed E-state index contributed by atoms with van der Waals surface area (Å²) in [7, 11) is 0. The summed E-state index contributed by atoms with van der Waals surface area (Å²) in [4.78, 5) is 14.4. The van der Waals surface area contributed by atoms with Crippen molar-refractivity contribution >= 4 is 5.91 Å². The molecule has 0 spiro atoms. The molecule has 2 heterocycles. The number of hydrogen-bond donors (Lipinski definition) is 0. The average molecular weight is 395 g/mol. The van der Waals surface area contributed by atoms with Gasteiger partial charge in [-0.3, -0.25) is 4.79 Å². The first-order valence-corrected chi connectivity index (χ1v) is 9.65. The number of likely N-dealkylation sites (tertiary alicyclic amines) is 1. The van der Waals surface area contributed by atoms with Gasteiger partial charge in [0.15, 0.2) is 6.61 Å². The predicted octanol–water partition coefficient (Wildman–Crippen LogP) is 3.97. The normalized spacial score (nSPS) is 16.6. The van der Waals surface area contributed by atoms with Crippen LogP contribution >= 0.6 is 0 Å². The maximum absolute atomic E-state index is 13.1. The van der Waals surface area contributed by atoms with Crippen LogP contribution in [0.1, 0.15) is 30.2 Å².